The molecule has 4 aromatic rings. The number of hydrogen-bond donors (Lipinski definition) is 2. The number of aryl methyl sites for hydroxylation is 1. The molecule has 0 aliphatic carbocycles. The molecular weight excluding hydrogens is 478 g/mol. The van der Waals surface area contributed by atoms with Gasteiger partial charge in [-0.2, -0.15) is 0 Å². The molecule has 1 atom stereocenters. The fourth-order valence-electron chi connectivity index (χ4n) is 5.24. The molecule has 0 saturated carbocycles. The number of carbonyl (C=O) groups is 2. The quantitative estimate of drug-likeness (QED) is 0.357. The van der Waals surface area contributed by atoms with Crippen LogP contribution >= 0.6 is 0 Å². The van der Waals surface area contributed by atoms with E-state index in [1.807, 2.05) is 29.5 Å². The van der Waals surface area contributed by atoms with Crippen molar-refractivity contribution in [1.82, 2.24) is 24.3 Å². The number of hydrogen-bond acceptors (Lipinski definition) is 6. The van der Waals surface area contributed by atoms with Gasteiger partial charge in [0.1, 0.15) is 22.9 Å². The first-order chi connectivity index (χ1) is 18.3. The van der Waals surface area contributed by atoms with E-state index in [-0.39, 0.29) is 17.9 Å². The van der Waals surface area contributed by atoms with Crippen molar-refractivity contribution in [2.75, 3.05) is 17.6 Å². The van der Waals surface area contributed by atoms with Crippen molar-refractivity contribution in [2.45, 2.75) is 45.6 Å². The van der Waals surface area contributed by atoms with Crippen LogP contribution in [0.3, 0.4) is 0 Å². The van der Waals surface area contributed by atoms with E-state index in [0.717, 1.165) is 24.1 Å². The first-order valence-electron chi connectivity index (χ1n) is 12.7. The minimum absolute atomic E-state index is 0.134. The molecule has 3 N–H and O–H groups in total. The Bertz CT molecular complexity index is 1560. The lowest BCUT2D eigenvalue weighted by atomic mass is 9.97. The van der Waals surface area contributed by atoms with Gasteiger partial charge in [0.05, 0.1) is 11.6 Å². The summed E-state index contributed by atoms with van der Waals surface area (Å²) in [5.74, 6) is 0.987. The summed E-state index contributed by atoms with van der Waals surface area (Å²) in [5.41, 5.74) is 11.6. The summed E-state index contributed by atoms with van der Waals surface area (Å²) in [5, 5.41) is 2.97. The number of anilines is 2. The topological polar surface area (TPSA) is 119 Å². The molecule has 9 heteroatoms. The Morgan fingerprint density at radius 2 is 2.05 bits per heavy atom. The van der Waals surface area contributed by atoms with Crippen LogP contribution in [0, 0.1) is 6.92 Å². The molecule has 0 spiro atoms. The molecule has 1 aromatic carbocycles. The van der Waals surface area contributed by atoms with E-state index in [2.05, 4.69) is 35.7 Å². The van der Waals surface area contributed by atoms with Gasteiger partial charge in [-0.25, -0.2) is 9.97 Å². The van der Waals surface area contributed by atoms with E-state index in [9.17, 15) is 9.59 Å². The van der Waals surface area contributed by atoms with Crippen molar-refractivity contribution in [2.24, 2.45) is 0 Å². The van der Waals surface area contributed by atoms with Crippen LogP contribution in [0.5, 0.6) is 0 Å². The fourth-order valence-corrected chi connectivity index (χ4v) is 5.24. The highest BCUT2D eigenvalue weighted by Crippen LogP contribution is 2.36. The molecule has 1 aliphatic heterocycles. The van der Waals surface area contributed by atoms with E-state index < -0.39 is 0 Å². The third-order valence-corrected chi connectivity index (χ3v) is 7.04. The molecule has 4 heterocycles. The van der Waals surface area contributed by atoms with E-state index in [4.69, 9.17) is 10.7 Å². The minimum Gasteiger partial charge on any atom is -0.382 e. The number of likely N-dealkylation sites (tertiary alicyclic amines) is 1. The van der Waals surface area contributed by atoms with Crippen molar-refractivity contribution >= 4 is 28.8 Å². The van der Waals surface area contributed by atoms with E-state index in [1.54, 1.807) is 29.6 Å². The number of fused-ring (bicyclic) bond motifs is 1. The molecular formula is C29H31N7O2. The third kappa shape index (κ3) is 4.51. The van der Waals surface area contributed by atoms with Crippen molar-refractivity contribution in [3.8, 4) is 11.3 Å². The number of rotatable bonds is 6. The first-order valence-corrected chi connectivity index (χ1v) is 12.7. The maximum Gasteiger partial charge on any atom is 0.257 e. The monoisotopic (exact) mass is 509 g/mol. The average molecular weight is 510 g/mol. The molecule has 194 valence electrons. The molecule has 5 rings (SSSR count). The first kappa shape index (κ1) is 25.1. The van der Waals surface area contributed by atoms with Crippen molar-refractivity contribution in [3.05, 3.63) is 84.2 Å². The number of aromatic nitrogens is 4. The normalized spacial score (nSPS) is 15.3. The van der Waals surface area contributed by atoms with Crippen molar-refractivity contribution in [1.29, 1.82) is 0 Å². The highest BCUT2D eigenvalue weighted by Gasteiger charge is 2.33. The maximum absolute atomic E-state index is 13.2. The van der Waals surface area contributed by atoms with Gasteiger partial charge in [-0.1, -0.05) is 26.5 Å². The Morgan fingerprint density at radius 1 is 1.24 bits per heavy atom. The summed E-state index contributed by atoms with van der Waals surface area (Å²) in [7, 11) is 0. The summed E-state index contributed by atoms with van der Waals surface area (Å²) in [6.45, 7) is 10.6. The number of carbonyl (C=O) groups excluding carboxylic acids is 2. The Labute approximate surface area is 221 Å². The van der Waals surface area contributed by atoms with Crippen LogP contribution in [0.25, 0.3) is 16.8 Å². The van der Waals surface area contributed by atoms with Crippen LogP contribution in [0.15, 0.2) is 61.7 Å². The largest absolute Gasteiger partial charge is 0.382 e. The molecule has 0 unspecified atom stereocenters. The van der Waals surface area contributed by atoms with Gasteiger partial charge in [0.25, 0.3) is 5.91 Å². The zero-order valence-electron chi connectivity index (χ0n) is 21.8. The predicted octanol–water partition coefficient (Wildman–Crippen LogP) is 4.91. The number of nitrogens with two attached hydrogens (primary N) is 1. The SMILES string of the molecule is C=CC(=O)N1CCC[C@H]1c1nc(-c2cncc(C(=O)Nc3ccc(C(C)C)c(C)c3)c2)c2c(N)nccn12. The summed E-state index contributed by atoms with van der Waals surface area (Å²) in [4.78, 5) is 41.0. The second-order valence-electron chi connectivity index (χ2n) is 9.89. The molecule has 0 bridgehead atoms. The van der Waals surface area contributed by atoms with Crippen molar-refractivity contribution < 1.29 is 9.59 Å². The molecule has 0 radical (unpaired) electrons. The summed E-state index contributed by atoms with van der Waals surface area (Å²) in [6, 6.07) is 7.46. The standard InChI is InChI=1S/C29H31N7O2/c1-5-24(37)35-11-6-7-23(35)28-34-25(26-27(30)32-10-12-36(26)28)19-14-20(16-31-15-19)29(38)33-21-8-9-22(17(2)3)18(4)13-21/h5,8-10,12-17,23H,1,6-7,11H2,2-4H3,(H2,30,32)(H,33,38)/t23-/m0/s1. The van der Waals surface area contributed by atoms with Gasteiger partial charge in [-0.3, -0.25) is 19.0 Å². The van der Waals surface area contributed by atoms with Gasteiger partial charge in [0.2, 0.25) is 5.91 Å². The number of nitrogens with one attached hydrogen (secondary N) is 1. The van der Waals surface area contributed by atoms with Gasteiger partial charge in [0, 0.05) is 42.6 Å². The van der Waals surface area contributed by atoms with E-state index in [0.29, 0.717) is 46.4 Å². The predicted molar refractivity (Wildman–Crippen MR) is 148 cm³/mol. The van der Waals surface area contributed by atoms with Gasteiger partial charge in [-0.05, 0) is 61.1 Å². The lowest BCUT2D eigenvalue weighted by molar-refractivity contribution is -0.127. The number of imidazole rings is 1. The van der Waals surface area contributed by atoms with Crippen LogP contribution in [-0.2, 0) is 4.79 Å². The van der Waals surface area contributed by atoms with Crippen molar-refractivity contribution in [3.63, 3.8) is 0 Å². The Kier molecular flexibility index (Phi) is 6.67. The molecule has 3 aromatic heterocycles. The minimum atomic E-state index is -0.274. The summed E-state index contributed by atoms with van der Waals surface area (Å²) >= 11 is 0. The molecule has 38 heavy (non-hydrogen) atoms. The zero-order valence-corrected chi connectivity index (χ0v) is 21.8. The Balaban J connectivity index is 1.51. The number of benzene rings is 1. The van der Waals surface area contributed by atoms with Gasteiger partial charge in [0.15, 0.2) is 0 Å². The number of nitrogens with zero attached hydrogens (tertiary/aromatic N) is 5. The van der Waals surface area contributed by atoms with E-state index >= 15 is 0 Å². The highest BCUT2D eigenvalue weighted by molar-refractivity contribution is 6.05. The highest BCUT2D eigenvalue weighted by atomic mass is 16.2. The Morgan fingerprint density at radius 3 is 2.79 bits per heavy atom. The summed E-state index contributed by atoms with van der Waals surface area (Å²) < 4.78 is 1.88. The third-order valence-electron chi connectivity index (χ3n) is 7.04. The molecule has 9 nitrogen and oxygen atoms in total. The molecule has 1 fully saturated rings. The number of pyridine rings is 1. The van der Waals surface area contributed by atoms with Crippen LogP contribution in [0.1, 0.15) is 66.0 Å². The average Bonchev–Trinajstić information content (AvgIpc) is 3.54. The van der Waals surface area contributed by atoms with Crippen LogP contribution in [-0.4, -0.2) is 42.6 Å². The van der Waals surface area contributed by atoms with Gasteiger partial charge >= 0.3 is 0 Å². The smallest absolute Gasteiger partial charge is 0.257 e. The van der Waals surface area contributed by atoms with Gasteiger partial charge < -0.3 is 16.0 Å². The van der Waals surface area contributed by atoms with Gasteiger partial charge in [-0.15, -0.1) is 0 Å². The lowest BCUT2D eigenvalue weighted by Gasteiger charge is -2.22. The second kappa shape index (κ2) is 10.1. The molecule has 2 amide bonds. The second-order valence-corrected chi connectivity index (χ2v) is 9.89. The molecule has 1 aliphatic rings. The summed E-state index contributed by atoms with van der Waals surface area (Å²) in [6.07, 6.45) is 9.55. The number of nitrogen functional groups attached to an aromatic ring is 1. The lowest BCUT2D eigenvalue weighted by Crippen LogP contribution is -2.29. The number of amides is 2. The maximum atomic E-state index is 13.2. The van der Waals surface area contributed by atoms with Crippen LogP contribution in [0.2, 0.25) is 0 Å². The van der Waals surface area contributed by atoms with Crippen LogP contribution < -0.4 is 11.1 Å². The zero-order chi connectivity index (χ0) is 27.0. The van der Waals surface area contributed by atoms with E-state index in [1.165, 1.54) is 17.8 Å². The molecule has 1 saturated heterocycles. The fraction of sp³-hybridized carbons (Fsp3) is 0.276. The Hall–Kier alpha value is -4.53. The van der Waals surface area contributed by atoms with Crippen LogP contribution in [0.4, 0.5) is 11.5 Å².